The van der Waals surface area contributed by atoms with Crippen LogP contribution in [0, 0.1) is 13.8 Å². The van der Waals surface area contributed by atoms with Crippen molar-refractivity contribution < 1.29 is 18.0 Å². The van der Waals surface area contributed by atoms with Crippen LogP contribution in [0.5, 0.6) is 0 Å². The maximum atomic E-state index is 14.6. The van der Waals surface area contributed by atoms with E-state index in [0.717, 1.165) is 26.6 Å². The van der Waals surface area contributed by atoms with E-state index in [-0.39, 0.29) is 29.5 Å². The number of nitrogens with zero attached hydrogens (tertiary/aromatic N) is 2. The molecule has 0 heterocycles. The number of aryl methyl sites for hydroxylation is 2. The van der Waals surface area contributed by atoms with Gasteiger partial charge in [-0.1, -0.05) is 90.0 Å². The molecule has 0 aromatic heterocycles. The summed E-state index contributed by atoms with van der Waals surface area (Å²) in [5.41, 5.74) is 3.24. The normalized spacial score (nSPS) is 12.3. The molecule has 1 atom stereocenters. The third-order valence-electron chi connectivity index (χ3n) is 7.36. The Bertz CT molecular complexity index is 1740. The van der Waals surface area contributed by atoms with Gasteiger partial charge in [-0.05, 0) is 81.6 Å². The summed E-state index contributed by atoms with van der Waals surface area (Å²) in [4.78, 5) is 30.1. The van der Waals surface area contributed by atoms with Gasteiger partial charge in [0.15, 0.2) is 0 Å². The predicted octanol–water partition coefficient (Wildman–Crippen LogP) is 6.71. The van der Waals surface area contributed by atoms with Crippen molar-refractivity contribution in [1.29, 1.82) is 0 Å². The Morgan fingerprint density at radius 3 is 2.11 bits per heavy atom. The number of rotatable bonds is 11. The highest BCUT2D eigenvalue weighted by Gasteiger charge is 2.35. The molecule has 0 saturated heterocycles. The average Bonchev–Trinajstić information content (AvgIpc) is 2.98. The Balaban J connectivity index is 1.83. The Kier molecular flexibility index (Phi) is 10.7. The van der Waals surface area contributed by atoms with Crippen LogP contribution in [0.1, 0.15) is 43.0 Å². The Hall–Kier alpha value is -4.14. The monoisotopic (exact) mass is 645 g/mol. The molecular weight excluding hydrogens is 606 g/mol. The van der Waals surface area contributed by atoms with Gasteiger partial charge in [-0.15, -0.1) is 0 Å². The first-order valence-corrected chi connectivity index (χ1v) is 16.6. The summed E-state index contributed by atoms with van der Waals surface area (Å²) < 4.78 is 29.3. The summed E-state index contributed by atoms with van der Waals surface area (Å²) in [6, 6.07) is 29.1. The van der Waals surface area contributed by atoms with E-state index in [1.165, 1.54) is 23.1 Å². The first-order chi connectivity index (χ1) is 21.2. The zero-order valence-electron chi connectivity index (χ0n) is 26.3. The second-order valence-electron chi connectivity index (χ2n) is 12.2. The highest BCUT2D eigenvalue weighted by atomic mass is 35.5. The van der Waals surface area contributed by atoms with E-state index >= 15 is 0 Å². The molecule has 1 N–H and O–H groups in total. The van der Waals surface area contributed by atoms with Crippen molar-refractivity contribution in [2.45, 2.75) is 64.1 Å². The molecule has 0 unspecified atom stereocenters. The number of nitrogens with one attached hydrogen (secondary N) is 1. The van der Waals surface area contributed by atoms with Crippen LogP contribution in [-0.4, -0.2) is 43.3 Å². The van der Waals surface area contributed by atoms with Crippen LogP contribution in [-0.2, 0) is 32.6 Å². The van der Waals surface area contributed by atoms with Crippen molar-refractivity contribution in [1.82, 2.24) is 10.2 Å². The zero-order valence-corrected chi connectivity index (χ0v) is 27.9. The molecule has 0 aliphatic rings. The molecule has 4 aromatic rings. The van der Waals surface area contributed by atoms with Crippen LogP contribution in [0.4, 0.5) is 5.69 Å². The van der Waals surface area contributed by atoms with Crippen LogP contribution in [0.25, 0.3) is 0 Å². The van der Waals surface area contributed by atoms with Crippen molar-refractivity contribution in [3.63, 3.8) is 0 Å². The van der Waals surface area contributed by atoms with E-state index < -0.39 is 34.1 Å². The van der Waals surface area contributed by atoms with Gasteiger partial charge < -0.3 is 10.2 Å². The second kappa shape index (κ2) is 14.3. The van der Waals surface area contributed by atoms with Crippen LogP contribution < -0.4 is 9.62 Å². The molecule has 2 amide bonds. The Morgan fingerprint density at radius 1 is 0.844 bits per heavy atom. The van der Waals surface area contributed by atoms with Gasteiger partial charge in [-0.25, -0.2) is 8.42 Å². The summed E-state index contributed by atoms with van der Waals surface area (Å²) in [5, 5.41) is 3.37. The van der Waals surface area contributed by atoms with E-state index in [0.29, 0.717) is 5.02 Å². The zero-order chi connectivity index (χ0) is 32.8. The number of hydrogen-bond donors (Lipinski definition) is 1. The van der Waals surface area contributed by atoms with Gasteiger partial charge in [-0.3, -0.25) is 13.9 Å². The van der Waals surface area contributed by atoms with E-state index in [1.807, 2.05) is 89.2 Å². The number of sulfonamides is 1. The van der Waals surface area contributed by atoms with Gasteiger partial charge in [0.25, 0.3) is 10.0 Å². The molecule has 0 spiro atoms. The summed E-state index contributed by atoms with van der Waals surface area (Å²) in [6.45, 7) is 9.02. The first-order valence-electron chi connectivity index (χ1n) is 14.8. The largest absolute Gasteiger partial charge is 0.350 e. The lowest BCUT2D eigenvalue weighted by molar-refractivity contribution is -0.140. The lowest BCUT2D eigenvalue weighted by Gasteiger charge is -2.35. The van der Waals surface area contributed by atoms with Crippen LogP contribution in [0.2, 0.25) is 5.02 Å². The number of amides is 2. The SMILES string of the molecule is Cc1ccc(S(=O)(=O)N(CC(=O)N(Cc2ccccc2C)[C@@H](Cc2ccccc2)C(=O)NC(C)(C)C)c2cccc(Cl)c2)cc1. The molecule has 0 radical (unpaired) electrons. The lowest BCUT2D eigenvalue weighted by atomic mass is 10.00. The molecule has 0 fully saturated rings. The van der Waals surface area contributed by atoms with Gasteiger partial charge in [0.2, 0.25) is 11.8 Å². The van der Waals surface area contributed by atoms with Gasteiger partial charge in [-0.2, -0.15) is 0 Å². The number of anilines is 1. The number of benzene rings is 4. The molecule has 0 aliphatic heterocycles. The smallest absolute Gasteiger partial charge is 0.264 e. The summed E-state index contributed by atoms with van der Waals surface area (Å²) in [5.74, 6) is -0.858. The molecule has 4 rings (SSSR count). The number of carbonyl (C=O) groups excluding carboxylic acids is 2. The summed E-state index contributed by atoms with van der Waals surface area (Å²) in [6.07, 6.45) is 0.238. The second-order valence-corrected chi connectivity index (χ2v) is 14.5. The van der Waals surface area contributed by atoms with Crippen molar-refractivity contribution in [2.24, 2.45) is 0 Å². The van der Waals surface area contributed by atoms with Gasteiger partial charge in [0.05, 0.1) is 10.6 Å². The minimum atomic E-state index is -4.20. The topological polar surface area (TPSA) is 86.8 Å². The number of halogens is 1. The molecule has 4 aromatic carbocycles. The van der Waals surface area contributed by atoms with Crippen molar-refractivity contribution in [3.05, 3.63) is 130 Å². The average molecular weight is 646 g/mol. The summed E-state index contributed by atoms with van der Waals surface area (Å²) in [7, 11) is -4.20. The molecular formula is C36H40ClN3O4S. The Labute approximate surface area is 271 Å². The minimum absolute atomic E-state index is 0.0395. The van der Waals surface area contributed by atoms with Gasteiger partial charge >= 0.3 is 0 Å². The molecule has 0 bridgehead atoms. The maximum Gasteiger partial charge on any atom is 0.264 e. The molecule has 0 saturated carbocycles. The van der Waals surface area contributed by atoms with E-state index in [1.54, 1.807) is 30.3 Å². The highest BCUT2D eigenvalue weighted by molar-refractivity contribution is 7.92. The molecule has 45 heavy (non-hydrogen) atoms. The molecule has 7 nitrogen and oxygen atoms in total. The van der Waals surface area contributed by atoms with Crippen LogP contribution >= 0.6 is 11.6 Å². The third kappa shape index (κ3) is 8.96. The molecule has 0 aliphatic carbocycles. The van der Waals surface area contributed by atoms with E-state index in [9.17, 15) is 18.0 Å². The van der Waals surface area contributed by atoms with Crippen LogP contribution in [0.15, 0.2) is 108 Å². The third-order valence-corrected chi connectivity index (χ3v) is 9.38. The Morgan fingerprint density at radius 2 is 1.49 bits per heavy atom. The van der Waals surface area contributed by atoms with Gasteiger partial charge in [0, 0.05) is 23.5 Å². The quantitative estimate of drug-likeness (QED) is 0.197. The fourth-order valence-electron chi connectivity index (χ4n) is 4.98. The maximum absolute atomic E-state index is 14.6. The van der Waals surface area contributed by atoms with Crippen molar-refractivity contribution in [3.8, 4) is 0 Å². The van der Waals surface area contributed by atoms with Crippen LogP contribution in [0.3, 0.4) is 0 Å². The summed E-state index contributed by atoms with van der Waals surface area (Å²) >= 11 is 6.30. The van der Waals surface area contributed by atoms with Gasteiger partial charge in [0.1, 0.15) is 12.6 Å². The fourth-order valence-corrected chi connectivity index (χ4v) is 6.57. The predicted molar refractivity (Wildman–Crippen MR) is 181 cm³/mol. The fraction of sp³-hybridized carbons (Fsp3) is 0.278. The van der Waals surface area contributed by atoms with Crippen molar-refractivity contribution >= 4 is 39.1 Å². The minimum Gasteiger partial charge on any atom is -0.350 e. The van der Waals surface area contributed by atoms with E-state index in [2.05, 4.69) is 5.32 Å². The molecule has 236 valence electrons. The lowest BCUT2D eigenvalue weighted by Crippen LogP contribution is -2.56. The number of carbonyl (C=O) groups is 2. The highest BCUT2D eigenvalue weighted by Crippen LogP contribution is 2.27. The standard InChI is InChI=1S/C36H40ClN3O4S/c1-26-18-20-32(21-19-26)45(43,44)40(31-17-11-16-30(37)23-31)25-34(41)39(24-29-15-10-9-12-27(29)2)33(35(42)38-36(3,4)5)22-28-13-7-6-8-14-28/h6-21,23,33H,22,24-25H2,1-5H3,(H,38,42)/t33-/m0/s1. The van der Waals surface area contributed by atoms with Crippen molar-refractivity contribution in [2.75, 3.05) is 10.8 Å². The molecule has 9 heteroatoms. The number of hydrogen-bond acceptors (Lipinski definition) is 4. The van der Waals surface area contributed by atoms with E-state index in [4.69, 9.17) is 11.6 Å². The first kappa shape index (κ1) is 33.7.